The summed E-state index contributed by atoms with van der Waals surface area (Å²) in [5.74, 6) is -7.02. The van der Waals surface area contributed by atoms with E-state index in [9.17, 15) is 38.4 Å². The van der Waals surface area contributed by atoms with E-state index in [0.717, 1.165) is 55.4 Å². The lowest BCUT2D eigenvalue weighted by atomic mass is 9.96. The minimum absolute atomic E-state index is 0.590. The standard InChI is InChI=1S/C28H38O19/c1-11(29)37-9-19-21(39-13(3)31)23(40-14(4)32)26(43-17(7)35)28(46-19)47-22-20(10-38-12(2)30)45-27(44-18(8)36)25(42-16(6)34)24(22)41-15(5)33/h19-28H,9-10H2,1-8H3/t19-,20-,21+,22-,23+,24+,25+,26-,27+,28+/m1/s1. The zero-order chi connectivity index (χ0) is 35.6. The molecule has 2 aliphatic rings. The molecular formula is C28H38O19. The average Bonchev–Trinajstić information content (AvgIpc) is 2.91. The quantitative estimate of drug-likeness (QED) is 0.181. The Morgan fingerprint density at radius 3 is 1.11 bits per heavy atom. The van der Waals surface area contributed by atoms with Gasteiger partial charge in [0.25, 0.3) is 0 Å². The Morgan fingerprint density at radius 2 is 0.702 bits per heavy atom. The van der Waals surface area contributed by atoms with Crippen LogP contribution in [0.5, 0.6) is 0 Å². The summed E-state index contributed by atoms with van der Waals surface area (Å²) in [4.78, 5) is 96.3. The number of ether oxygens (including phenoxy) is 11. The first-order valence-corrected chi connectivity index (χ1v) is 14.2. The molecule has 19 heteroatoms. The van der Waals surface area contributed by atoms with Gasteiger partial charge in [-0.1, -0.05) is 0 Å². The van der Waals surface area contributed by atoms with Crippen LogP contribution in [0.1, 0.15) is 55.4 Å². The third kappa shape index (κ3) is 12.1. The van der Waals surface area contributed by atoms with E-state index in [1.54, 1.807) is 0 Å². The summed E-state index contributed by atoms with van der Waals surface area (Å²) < 4.78 is 60.2. The van der Waals surface area contributed by atoms with Gasteiger partial charge in [-0.15, -0.1) is 0 Å². The molecule has 0 unspecified atom stereocenters. The molecule has 264 valence electrons. The molecule has 0 aromatic rings. The third-order valence-electron chi connectivity index (χ3n) is 6.17. The van der Waals surface area contributed by atoms with Crippen molar-refractivity contribution in [2.24, 2.45) is 0 Å². The maximum absolute atomic E-state index is 12.3. The fourth-order valence-corrected chi connectivity index (χ4v) is 4.73. The predicted molar refractivity (Wildman–Crippen MR) is 145 cm³/mol. The highest BCUT2D eigenvalue weighted by Gasteiger charge is 2.58. The molecule has 2 saturated heterocycles. The predicted octanol–water partition coefficient (Wildman–Crippen LogP) is -0.831. The maximum Gasteiger partial charge on any atom is 0.305 e. The first-order valence-electron chi connectivity index (χ1n) is 14.2. The molecule has 10 atom stereocenters. The highest BCUT2D eigenvalue weighted by molar-refractivity contribution is 5.70. The summed E-state index contributed by atoms with van der Waals surface area (Å²) in [6.45, 7) is 7.05. The van der Waals surface area contributed by atoms with E-state index in [0.29, 0.717) is 0 Å². The van der Waals surface area contributed by atoms with E-state index in [1.165, 1.54) is 0 Å². The lowest BCUT2D eigenvalue weighted by molar-refractivity contribution is -0.357. The van der Waals surface area contributed by atoms with Gasteiger partial charge in [0.2, 0.25) is 12.4 Å². The van der Waals surface area contributed by atoms with Crippen LogP contribution in [0.15, 0.2) is 0 Å². The Hall–Kier alpha value is -4.36. The third-order valence-corrected chi connectivity index (χ3v) is 6.17. The van der Waals surface area contributed by atoms with Crippen molar-refractivity contribution in [2.75, 3.05) is 13.2 Å². The normalized spacial score (nSPS) is 30.0. The van der Waals surface area contributed by atoms with Gasteiger partial charge >= 0.3 is 47.8 Å². The van der Waals surface area contributed by atoms with E-state index < -0.39 is 122 Å². The Labute approximate surface area is 268 Å². The number of carbonyl (C=O) groups is 8. The molecule has 2 rings (SSSR count). The van der Waals surface area contributed by atoms with Gasteiger partial charge in [-0.25, -0.2) is 0 Å². The van der Waals surface area contributed by atoms with Gasteiger partial charge in [-0.3, -0.25) is 38.4 Å². The molecule has 0 spiro atoms. The largest absolute Gasteiger partial charge is 0.463 e. The number of esters is 8. The minimum Gasteiger partial charge on any atom is -0.463 e. The van der Waals surface area contributed by atoms with Gasteiger partial charge < -0.3 is 52.1 Å². The molecule has 2 aliphatic heterocycles. The number of carbonyl (C=O) groups excluding carboxylic acids is 8. The summed E-state index contributed by atoms with van der Waals surface area (Å²) >= 11 is 0. The van der Waals surface area contributed by atoms with Crippen molar-refractivity contribution in [3.63, 3.8) is 0 Å². The highest BCUT2D eigenvalue weighted by atomic mass is 16.8. The maximum atomic E-state index is 12.3. The van der Waals surface area contributed by atoms with Crippen LogP contribution in [0.2, 0.25) is 0 Å². The number of hydrogen-bond acceptors (Lipinski definition) is 19. The van der Waals surface area contributed by atoms with Crippen LogP contribution >= 0.6 is 0 Å². The zero-order valence-electron chi connectivity index (χ0n) is 26.9. The Kier molecular flexibility index (Phi) is 14.5. The second kappa shape index (κ2) is 17.5. The molecular weight excluding hydrogens is 640 g/mol. The van der Waals surface area contributed by atoms with Crippen LogP contribution in [-0.2, 0) is 90.5 Å². The molecule has 0 aromatic carbocycles. The van der Waals surface area contributed by atoms with Crippen LogP contribution in [0.4, 0.5) is 0 Å². The first-order chi connectivity index (χ1) is 21.9. The summed E-state index contributed by atoms with van der Waals surface area (Å²) in [6.07, 6.45) is -16.3. The fraction of sp³-hybridized carbons (Fsp3) is 0.714. The molecule has 0 N–H and O–H groups in total. The second-order valence-electron chi connectivity index (χ2n) is 10.3. The Balaban J connectivity index is 2.73. The van der Waals surface area contributed by atoms with Crippen LogP contribution in [0.25, 0.3) is 0 Å². The number of rotatable bonds is 12. The van der Waals surface area contributed by atoms with Crippen molar-refractivity contribution in [1.29, 1.82) is 0 Å². The molecule has 19 nitrogen and oxygen atoms in total. The second-order valence-corrected chi connectivity index (χ2v) is 10.3. The van der Waals surface area contributed by atoms with Gasteiger partial charge in [0.1, 0.15) is 31.5 Å². The van der Waals surface area contributed by atoms with Gasteiger partial charge in [0.15, 0.2) is 30.7 Å². The topological polar surface area (TPSA) is 238 Å². The van der Waals surface area contributed by atoms with Gasteiger partial charge in [0, 0.05) is 55.4 Å². The molecule has 0 amide bonds. The zero-order valence-corrected chi connectivity index (χ0v) is 26.9. The summed E-state index contributed by atoms with van der Waals surface area (Å²) in [6, 6.07) is 0. The molecule has 2 heterocycles. The van der Waals surface area contributed by atoms with E-state index in [2.05, 4.69) is 0 Å². The van der Waals surface area contributed by atoms with Crippen molar-refractivity contribution in [2.45, 2.75) is 117 Å². The van der Waals surface area contributed by atoms with E-state index in [-0.39, 0.29) is 0 Å². The molecule has 0 saturated carbocycles. The smallest absolute Gasteiger partial charge is 0.305 e. The molecule has 0 bridgehead atoms. The van der Waals surface area contributed by atoms with Crippen LogP contribution in [0.3, 0.4) is 0 Å². The SMILES string of the molecule is CC(=O)OC[C@H]1O[C@@H](O[C@H]2[C@H](OC(C)=O)[C@H](OC(C)=O)[C@@H](OC(C)=O)O[C@@H]2COC(C)=O)[C@H](OC(C)=O)[C@@H](OC(C)=O)[C@H]1OC(C)=O. The van der Waals surface area contributed by atoms with Gasteiger partial charge in [0.05, 0.1) is 0 Å². The van der Waals surface area contributed by atoms with Gasteiger partial charge in [-0.2, -0.15) is 0 Å². The van der Waals surface area contributed by atoms with Crippen LogP contribution in [-0.4, -0.2) is 122 Å². The van der Waals surface area contributed by atoms with Gasteiger partial charge in [-0.05, 0) is 0 Å². The molecule has 0 aliphatic carbocycles. The van der Waals surface area contributed by atoms with Crippen LogP contribution in [0, 0.1) is 0 Å². The van der Waals surface area contributed by atoms with E-state index in [4.69, 9.17) is 52.1 Å². The fourth-order valence-electron chi connectivity index (χ4n) is 4.73. The molecule has 2 fully saturated rings. The van der Waals surface area contributed by atoms with Crippen LogP contribution < -0.4 is 0 Å². The van der Waals surface area contributed by atoms with Crippen molar-refractivity contribution < 1.29 is 90.5 Å². The Morgan fingerprint density at radius 1 is 0.383 bits per heavy atom. The monoisotopic (exact) mass is 678 g/mol. The van der Waals surface area contributed by atoms with E-state index >= 15 is 0 Å². The minimum atomic E-state index is -1.83. The number of hydrogen-bond donors (Lipinski definition) is 0. The lowest BCUT2D eigenvalue weighted by Crippen LogP contribution is -2.67. The van der Waals surface area contributed by atoms with Crippen molar-refractivity contribution in [3.8, 4) is 0 Å². The first kappa shape index (κ1) is 38.8. The lowest BCUT2D eigenvalue weighted by Gasteiger charge is -2.48. The molecule has 47 heavy (non-hydrogen) atoms. The highest BCUT2D eigenvalue weighted by Crippen LogP contribution is 2.35. The Bertz CT molecular complexity index is 1200. The average molecular weight is 679 g/mol. The van der Waals surface area contributed by atoms with E-state index in [1.807, 2.05) is 0 Å². The van der Waals surface area contributed by atoms with Crippen molar-refractivity contribution in [1.82, 2.24) is 0 Å². The molecule has 0 aromatic heterocycles. The summed E-state index contributed by atoms with van der Waals surface area (Å²) in [5.41, 5.74) is 0. The van der Waals surface area contributed by atoms with Crippen molar-refractivity contribution in [3.05, 3.63) is 0 Å². The summed E-state index contributed by atoms with van der Waals surface area (Å²) in [7, 11) is 0. The molecule has 0 radical (unpaired) electrons. The summed E-state index contributed by atoms with van der Waals surface area (Å²) in [5, 5.41) is 0. The van der Waals surface area contributed by atoms with Crippen molar-refractivity contribution >= 4 is 47.8 Å².